The van der Waals surface area contributed by atoms with E-state index < -0.39 is 0 Å². The molecule has 0 radical (unpaired) electrons. The van der Waals surface area contributed by atoms with E-state index in [0.29, 0.717) is 0 Å². The van der Waals surface area contributed by atoms with Crippen molar-refractivity contribution in [2.45, 2.75) is 33.1 Å². The van der Waals surface area contributed by atoms with Gasteiger partial charge in [0.15, 0.2) is 0 Å². The van der Waals surface area contributed by atoms with Crippen LogP contribution in [-0.4, -0.2) is 0 Å². The number of rotatable bonds is 6. The van der Waals surface area contributed by atoms with Gasteiger partial charge in [-0.15, -0.1) is 0 Å². The fraction of sp³-hybridized carbons (Fsp3) is 0.143. The Morgan fingerprint density at radius 2 is 0.629 bits per heavy atom. The Hall–Kier alpha value is -3.90. The molecule has 0 aliphatic carbocycles. The Kier molecular flexibility index (Phi) is 8.68. The summed E-state index contributed by atoms with van der Waals surface area (Å²) in [5.41, 5.74) is 11.2. The minimum absolute atomic E-state index is 1.00. The number of benzene rings is 5. The summed E-state index contributed by atoms with van der Waals surface area (Å²) >= 11 is 0. The van der Waals surface area contributed by atoms with Crippen molar-refractivity contribution in [1.82, 2.24) is 0 Å². The lowest BCUT2D eigenvalue weighted by atomic mass is 9.94. The molecule has 0 nitrogen and oxygen atoms in total. The number of aryl methyl sites for hydroxylation is 2. The molecular weight excluding hydrogens is 420 g/mol. The maximum Gasteiger partial charge on any atom is -0.00203 e. The van der Waals surface area contributed by atoms with E-state index in [-0.39, 0.29) is 0 Å². The van der Waals surface area contributed by atoms with E-state index in [9.17, 15) is 0 Å². The Bertz CT molecular complexity index is 1320. The summed E-state index contributed by atoms with van der Waals surface area (Å²) in [5.74, 6) is 0. The Labute approximate surface area is 210 Å². The molecule has 0 spiro atoms. The molecule has 0 saturated carbocycles. The minimum atomic E-state index is 1.00. The zero-order valence-corrected chi connectivity index (χ0v) is 20.8. The molecule has 174 valence electrons. The predicted molar refractivity (Wildman–Crippen MR) is 150 cm³/mol. The average Bonchev–Trinajstić information content (AvgIpc) is 2.90. The smallest absolute Gasteiger partial charge is 0.00203 e. The second-order valence-corrected chi connectivity index (χ2v) is 9.12. The van der Waals surface area contributed by atoms with Crippen molar-refractivity contribution in [2.75, 3.05) is 0 Å². The fourth-order valence-corrected chi connectivity index (χ4v) is 4.36. The third-order valence-corrected chi connectivity index (χ3v) is 6.50. The van der Waals surface area contributed by atoms with Gasteiger partial charge in [0, 0.05) is 0 Å². The summed E-state index contributed by atoms with van der Waals surface area (Å²) in [6.07, 6.45) is 3.05. The van der Waals surface area contributed by atoms with Gasteiger partial charge in [0.05, 0.1) is 0 Å². The standard InChI is InChI=1S/C21H20.C14H14/c1-17-9-5-6-12-19(17)16-21-14-8-7-13-20(21)15-18-10-3-2-4-11-18;1-12-7-5-6-10-14(12)11-13-8-3-2-4-9-13/h2-14H,15-16H2,1H3;2-10H,11H2,1H3. The Morgan fingerprint density at radius 1 is 0.314 bits per heavy atom. The first kappa shape index (κ1) is 24.2. The van der Waals surface area contributed by atoms with Crippen molar-refractivity contribution in [2.24, 2.45) is 0 Å². The molecule has 35 heavy (non-hydrogen) atoms. The van der Waals surface area contributed by atoms with E-state index in [1.807, 2.05) is 0 Å². The molecule has 0 unspecified atom stereocenters. The molecule has 0 aromatic heterocycles. The molecule has 0 N–H and O–H groups in total. The molecular formula is C35H34. The molecule has 5 aromatic carbocycles. The zero-order valence-electron chi connectivity index (χ0n) is 20.8. The van der Waals surface area contributed by atoms with Gasteiger partial charge in [0.25, 0.3) is 0 Å². The lowest BCUT2D eigenvalue weighted by molar-refractivity contribution is 1.08. The first-order valence-electron chi connectivity index (χ1n) is 12.4. The highest BCUT2D eigenvalue weighted by Crippen LogP contribution is 2.20. The SMILES string of the molecule is Cc1ccccc1Cc1ccccc1.Cc1ccccc1Cc1ccccc1Cc1ccccc1. The van der Waals surface area contributed by atoms with Crippen LogP contribution in [0.25, 0.3) is 0 Å². The predicted octanol–water partition coefficient (Wildman–Crippen LogP) is 8.76. The molecule has 0 fully saturated rings. The quantitative estimate of drug-likeness (QED) is 0.240. The molecule has 5 rings (SSSR count). The van der Waals surface area contributed by atoms with Crippen LogP contribution >= 0.6 is 0 Å². The van der Waals surface area contributed by atoms with Crippen LogP contribution in [0.4, 0.5) is 0 Å². The van der Waals surface area contributed by atoms with Gasteiger partial charge in [-0.1, -0.05) is 133 Å². The van der Waals surface area contributed by atoms with Crippen LogP contribution < -0.4 is 0 Å². The van der Waals surface area contributed by atoms with E-state index >= 15 is 0 Å². The van der Waals surface area contributed by atoms with Crippen LogP contribution in [0, 0.1) is 13.8 Å². The summed E-state index contributed by atoms with van der Waals surface area (Å²) < 4.78 is 0. The summed E-state index contributed by atoms with van der Waals surface area (Å²) in [7, 11) is 0. The first-order chi connectivity index (χ1) is 17.2. The third-order valence-electron chi connectivity index (χ3n) is 6.50. The van der Waals surface area contributed by atoms with Crippen LogP contribution in [0.3, 0.4) is 0 Å². The van der Waals surface area contributed by atoms with Gasteiger partial charge in [-0.3, -0.25) is 0 Å². The van der Waals surface area contributed by atoms with Crippen LogP contribution in [0.15, 0.2) is 133 Å². The van der Waals surface area contributed by atoms with Crippen molar-refractivity contribution in [1.29, 1.82) is 0 Å². The Balaban J connectivity index is 0.000000179. The third kappa shape index (κ3) is 7.29. The van der Waals surface area contributed by atoms with Crippen LogP contribution in [0.2, 0.25) is 0 Å². The minimum Gasteiger partial charge on any atom is -0.0622 e. The summed E-state index contributed by atoms with van der Waals surface area (Å²) in [6.45, 7) is 4.35. The van der Waals surface area contributed by atoms with Crippen molar-refractivity contribution >= 4 is 0 Å². The van der Waals surface area contributed by atoms with Gasteiger partial charge in [0.2, 0.25) is 0 Å². The molecule has 0 amide bonds. The summed E-state index contributed by atoms with van der Waals surface area (Å²) in [6, 6.07) is 47.3. The van der Waals surface area contributed by atoms with Crippen LogP contribution in [-0.2, 0) is 19.3 Å². The maximum atomic E-state index is 2.25. The summed E-state index contributed by atoms with van der Waals surface area (Å²) in [5, 5.41) is 0. The van der Waals surface area contributed by atoms with E-state index in [0.717, 1.165) is 19.3 Å². The van der Waals surface area contributed by atoms with Gasteiger partial charge < -0.3 is 0 Å². The lowest BCUT2D eigenvalue weighted by Gasteiger charge is -2.11. The normalized spacial score (nSPS) is 10.3. The molecule has 5 aromatic rings. The molecule has 0 heterocycles. The molecule has 0 aliphatic rings. The first-order valence-corrected chi connectivity index (χ1v) is 12.4. The van der Waals surface area contributed by atoms with Gasteiger partial charge in [-0.25, -0.2) is 0 Å². The van der Waals surface area contributed by atoms with E-state index in [1.165, 1.54) is 44.5 Å². The second kappa shape index (κ2) is 12.5. The van der Waals surface area contributed by atoms with Crippen LogP contribution in [0.1, 0.15) is 44.5 Å². The zero-order chi connectivity index (χ0) is 24.3. The van der Waals surface area contributed by atoms with Crippen LogP contribution in [0.5, 0.6) is 0 Å². The fourth-order valence-electron chi connectivity index (χ4n) is 4.36. The van der Waals surface area contributed by atoms with Gasteiger partial charge in [-0.05, 0) is 77.6 Å². The monoisotopic (exact) mass is 454 g/mol. The van der Waals surface area contributed by atoms with E-state index in [2.05, 4.69) is 147 Å². The molecule has 0 saturated heterocycles. The van der Waals surface area contributed by atoms with E-state index in [1.54, 1.807) is 0 Å². The Morgan fingerprint density at radius 3 is 1.09 bits per heavy atom. The van der Waals surface area contributed by atoms with Gasteiger partial charge in [0.1, 0.15) is 0 Å². The van der Waals surface area contributed by atoms with Crippen molar-refractivity contribution in [3.63, 3.8) is 0 Å². The number of hydrogen-bond acceptors (Lipinski definition) is 0. The topological polar surface area (TPSA) is 0 Å². The van der Waals surface area contributed by atoms with Gasteiger partial charge >= 0.3 is 0 Å². The number of hydrogen-bond donors (Lipinski definition) is 0. The molecule has 0 aliphatic heterocycles. The highest BCUT2D eigenvalue weighted by atomic mass is 14.1. The largest absolute Gasteiger partial charge is 0.0622 e. The lowest BCUT2D eigenvalue weighted by Crippen LogP contribution is -1.98. The van der Waals surface area contributed by atoms with Crippen molar-refractivity contribution in [3.05, 3.63) is 178 Å². The maximum absolute atomic E-state index is 2.25. The highest BCUT2D eigenvalue weighted by Gasteiger charge is 2.05. The highest BCUT2D eigenvalue weighted by molar-refractivity contribution is 5.38. The van der Waals surface area contributed by atoms with Gasteiger partial charge in [-0.2, -0.15) is 0 Å². The molecule has 0 heteroatoms. The van der Waals surface area contributed by atoms with Crippen molar-refractivity contribution in [3.8, 4) is 0 Å². The molecule has 0 bridgehead atoms. The average molecular weight is 455 g/mol. The van der Waals surface area contributed by atoms with Crippen molar-refractivity contribution < 1.29 is 0 Å². The molecule has 0 atom stereocenters. The van der Waals surface area contributed by atoms with E-state index in [4.69, 9.17) is 0 Å². The summed E-state index contributed by atoms with van der Waals surface area (Å²) in [4.78, 5) is 0. The second-order valence-electron chi connectivity index (χ2n) is 9.12.